The van der Waals surface area contributed by atoms with Crippen LogP contribution < -0.4 is 4.90 Å². The fraction of sp³-hybridized carbons (Fsp3) is 0.278. The fourth-order valence-corrected chi connectivity index (χ4v) is 3.94. The van der Waals surface area contributed by atoms with Gasteiger partial charge in [0.05, 0.1) is 12.2 Å². The van der Waals surface area contributed by atoms with Gasteiger partial charge in [0, 0.05) is 34.6 Å². The number of thioether (sulfide) groups is 1. The fourth-order valence-electron chi connectivity index (χ4n) is 2.81. The number of fused-ring (bicyclic) bond motifs is 1. The molecular formula is C18H18N4OS. The number of pyridine rings is 1. The van der Waals surface area contributed by atoms with Crippen LogP contribution in [0.3, 0.4) is 0 Å². The largest absolute Gasteiger partial charge is 0.361 e. The highest BCUT2D eigenvalue weighted by Crippen LogP contribution is 2.37. The Kier molecular flexibility index (Phi) is 4.21. The topological polar surface area (TPSA) is 55.1 Å². The standard InChI is InChI=1S/C18H18N4OS/c1-13-8-10-22(15-6-2-3-7-16(15)24-13)12-17-20-18(21-23-17)14-5-4-9-19-11-14/h2-7,9,11,13H,8,10,12H2,1H3/t13-/m0/s1. The van der Waals surface area contributed by atoms with Crippen LogP contribution in [0.15, 0.2) is 58.2 Å². The normalized spacial score (nSPS) is 17.4. The van der Waals surface area contributed by atoms with E-state index in [2.05, 4.69) is 51.2 Å². The van der Waals surface area contributed by atoms with Crippen LogP contribution in [0.4, 0.5) is 5.69 Å². The van der Waals surface area contributed by atoms with E-state index in [0.717, 1.165) is 18.5 Å². The van der Waals surface area contributed by atoms with Gasteiger partial charge in [-0.3, -0.25) is 4.98 Å². The maximum Gasteiger partial charge on any atom is 0.246 e. The van der Waals surface area contributed by atoms with Gasteiger partial charge >= 0.3 is 0 Å². The van der Waals surface area contributed by atoms with E-state index < -0.39 is 0 Å². The Balaban J connectivity index is 1.58. The lowest BCUT2D eigenvalue weighted by Gasteiger charge is -2.22. The summed E-state index contributed by atoms with van der Waals surface area (Å²) in [7, 11) is 0. The number of anilines is 1. The SMILES string of the molecule is C[C@H]1CCN(Cc2nc(-c3cccnc3)no2)c2ccccc2S1. The quantitative estimate of drug-likeness (QED) is 0.719. The van der Waals surface area contributed by atoms with Gasteiger partial charge in [-0.05, 0) is 30.7 Å². The van der Waals surface area contributed by atoms with Gasteiger partial charge in [0.15, 0.2) is 0 Å². The summed E-state index contributed by atoms with van der Waals surface area (Å²) in [6.07, 6.45) is 4.61. The minimum absolute atomic E-state index is 0.587. The van der Waals surface area contributed by atoms with E-state index in [1.54, 1.807) is 12.4 Å². The number of aromatic nitrogens is 3. The summed E-state index contributed by atoms with van der Waals surface area (Å²) in [6.45, 7) is 3.88. The molecule has 0 amide bonds. The average Bonchev–Trinajstić information content (AvgIpc) is 3.02. The lowest BCUT2D eigenvalue weighted by atomic mass is 10.2. The molecule has 122 valence electrons. The third-order valence-corrected chi connectivity index (χ3v) is 5.29. The molecule has 1 atom stereocenters. The average molecular weight is 338 g/mol. The smallest absolute Gasteiger partial charge is 0.246 e. The van der Waals surface area contributed by atoms with Gasteiger partial charge in [-0.15, -0.1) is 11.8 Å². The summed E-state index contributed by atoms with van der Waals surface area (Å²) < 4.78 is 5.47. The molecule has 0 saturated heterocycles. The van der Waals surface area contributed by atoms with Crippen molar-refractivity contribution < 1.29 is 4.52 Å². The molecule has 3 aromatic rings. The maximum absolute atomic E-state index is 5.47. The molecule has 0 unspecified atom stereocenters. The van der Waals surface area contributed by atoms with Gasteiger partial charge < -0.3 is 9.42 Å². The first-order valence-electron chi connectivity index (χ1n) is 8.03. The molecule has 0 radical (unpaired) electrons. The van der Waals surface area contributed by atoms with Crippen LogP contribution in [-0.2, 0) is 6.54 Å². The van der Waals surface area contributed by atoms with Gasteiger partial charge in [0.25, 0.3) is 0 Å². The minimum atomic E-state index is 0.587. The minimum Gasteiger partial charge on any atom is -0.361 e. The van der Waals surface area contributed by atoms with Crippen LogP contribution in [0.25, 0.3) is 11.4 Å². The summed E-state index contributed by atoms with van der Waals surface area (Å²) in [6, 6.07) is 12.3. The lowest BCUT2D eigenvalue weighted by Crippen LogP contribution is -2.24. The predicted octanol–water partition coefficient (Wildman–Crippen LogP) is 4.02. The van der Waals surface area contributed by atoms with Gasteiger partial charge in [-0.25, -0.2) is 0 Å². The summed E-state index contributed by atoms with van der Waals surface area (Å²) >= 11 is 1.93. The Labute approximate surface area is 145 Å². The first-order chi connectivity index (χ1) is 11.8. The Morgan fingerprint density at radius 1 is 1.25 bits per heavy atom. The highest BCUT2D eigenvalue weighted by Gasteiger charge is 2.21. The Bertz CT molecular complexity index is 821. The van der Waals surface area contributed by atoms with Crippen molar-refractivity contribution in [3.05, 3.63) is 54.7 Å². The molecular weight excluding hydrogens is 320 g/mol. The van der Waals surface area contributed by atoms with E-state index in [0.29, 0.717) is 23.5 Å². The van der Waals surface area contributed by atoms with Crippen LogP contribution in [0.2, 0.25) is 0 Å². The highest BCUT2D eigenvalue weighted by molar-refractivity contribution is 8.00. The van der Waals surface area contributed by atoms with Gasteiger partial charge in [0.2, 0.25) is 11.7 Å². The molecule has 0 saturated carbocycles. The van der Waals surface area contributed by atoms with Gasteiger partial charge in [-0.2, -0.15) is 4.98 Å². The molecule has 3 heterocycles. The molecule has 0 bridgehead atoms. The highest BCUT2D eigenvalue weighted by atomic mass is 32.2. The van der Waals surface area contributed by atoms with Crippen molar-refractivity contribution in [2.24, 2.45) is 0 Å². The van der Waals surface area contributed by atoms with E-state index in [-0.39, 0.29) is 0 Å². The number of benzene rings is 1. The Morgan fingerprint density at radius 2 is 2.17 bits per heavy atom. The molecule has 6 heteroatoms. The third-order valence-electron chi connectivity index (χ3n) is 4.05. The second-order valence-corrected chi connectivity index (χ2v) is 7.34. The van der Waals surface area contributed by atoms with Crippen LogP contribution in [0, 0.1) is 0 Å². The number of rotatable bonds is 3. The molecule has 0 spiro atoms. The zero-order chi connectivity index (χ0) is 16.4. The number of para-hydroxylation sites is 1. The molecule has 24 heavy (non-hydrogen) atoms. The zero-order valence-corrected chi connectivity index (χ0v) is 14.2. The van der Waals surface area contributed by atoms with Crippen LogP contribution in [-0.4, -0.2) is 26.9 Å². The van der Waals surface area contributed by atoms with Crippen molar-refractivity contribution in [3.63, 3.8) is 0 Å². The zero-order valence-electron chi connectivity index (χ0n) is 13.4. The summed E-state index contributed by atoms with van der Waals surface area (Å²) in [4.78, 5) is 12.3. The van der Waals surface area contributed by atoms with Crippen molar-refractivity contribution in [3.8, 4) is 11.4 Å². The van der Waals surface area contributed by atoms with Crippen LogP contribution >= 0.6 is 11.8 Å². The first-order valence-corrected chi connectivity index (χ1v) is 8.91. The third kappa shape index (κ3) is 3.14. The van der Waals surface area contributed by atoms with Crippen LogP contribution in [0.5, 0.6) is 0 Å². The molecule has 0 aliphatic carbocycles. The predicted molar refractivity (Wildman–Crippen MR) is 95.0 cm³/mol. The molecule has 1 aliphatic rings. The van der Waals surface area contributed by atoms with E-state index in [1.165, 1.54) is 10.6 Å². The molecule has 1 aliphatic heterocycles. The maximum atomic E-state index is 5.47. The molecule has 1 aromatic carbocycles. The molecule has 4 rings (SSSR count). The number of hydrogen-bond donors (Lipinski definition) is 0. The first kappa shape index (κ1) is 15.2. The molecule has 0 N–H and O–H groups in total. The van der Waals surface area contributed by atoms with Crippen molar-refractivity contribution in [1.82, 2.24) is 15.1 Å². The van der Waals surface area contributed by atoms with Crippen LogP contribution in [0.1, 0.15) is 19.2 Å². The lowest BCUT2D eigenvalue weighted by molar-refractivity contribution is 0.376. The van der Waals surface area contributed by atoms with Gasteiger partial charge in [0.1, 0.15) is 0 Å². The van der Waals surface area contributed by atoms with Crippen molar-refractivity contribution in [1.29, 1.82) is 0 Å². The van der Waals surface area contributed by atoms with Gasteiger partial charge in [-0.1, -0.05) is 24.2 Å². The molecule has 0 fully saturated rings. The van der Waals surface area contributed by atoms with E-state index >= 15 is 0 Å². The number of nitrogens with zero attached hydrogens (tertiary/aromatic N) is 4. The van der Waals surface area contributed by atoms with Crippen molar-refractivity contribution in [2.75, 3.05) is 11.4 Å². The molecule has 2 aromatic heterocycles. The monoisotopic (exact) mass is 338 g/mol. The van der Waals surface area contributed by atoms with Crippen molar-refractivity contribution in [2.45, 2.75) is 30.0 Å². The Morgan fingerprint density at radius 3 is 3.04 bits per heavy atom. The van der Waals surface area contributed by atoms with Crippen molar-refractivity contribution >= 4 is 17.4 Å². The number of hydrogen-bond acceptors (Lipinski definition) is 6. The Hall–Kier alpha value is -2.34. The molecule has 5 nitrogen and oxygen atoms in total. The van der Waals surface area contributed by atoms with E-state index in [1.807, 2.05) is 23.9 Å². The van der Waals surface area contributed by atoms with E-state index in [9.17, 15) is 0 Å². The summed E-state index contributed by atoms with van der Waals surface area (Å²) in [5, 5.41) is 4.69. The second kappa shape index (κ2) is 6.65. The second-order valence-electron chi connectivity index (χ2n) is 5.86. The summed E-state index contributed by atoms with van der Waals surface area (Å²) in [5.41, 5.74) is 2.11. The summed E-state index contributed by atoms with van der Waals surface area (Å²) in [5.74, 6) is 1.21. The van der Waals surface area contributed by atoms with E-state index in [4.69, 9.17) is 4.52 Å².